The van der Waals surface area contributed by atoms with Crippen molar-refractivity contribution in [2.45, 2.75) is 77.3 Å². The van der Waals surface area contributed by atoms with Crippen LogP contribution < -0.4 is 0 Å². The molecule has 1 heterocycles. The predicted octanol–water partition coefficient (Wildman–Crippen LogP) is 2.28. The zero-order valence-corrected chi connectivity index (χ0v) is 16.0. The smallest absolute Gasteiger partial charge is 0.334 e. The lowest BCUT2D eigenvalue weighted by molar-refractivity contribution is -0.160. The van der Waals surface area contributed by atoms with E-state index in [1.165, 1.54) is 0 Å². The van der Waals surface area contributed by atoms with Crippen LogP contribution in [0.1, 0.15) is 53.4 Å². The van der Waals surface area contributed by atoms with Crippen molar-refractivity contribution in [3.05, 3.63) is 23.8 Å². The molecule has 0 bridgehead atoms. The molecule has 6 heteroatoms. The van der Waals surface area contributed by atoms with Gasteiger partial charge < -0.3 is 19.7 Å². The third-order valence-corrected chi connectivity index (χ3v) is 5.49. The highest BCUT2D eigenvalue weighted by molar-refractivity contribution is 5.91. The molecule has 0 aromatic carbocycles. The van der Waals surface area contributed by atoms with Gasteiger partial charge in [0.1, 0.15) is 12.2 Å². The molecule has 2 aliphatic rings. The molecule has 0 aromatic rings. The van der Waals surface area contributed by atoms with Crippen molar-refractivity contribution >= 4 is 11.9 Å². The highest BCUT2D eigenvalue weighted by Gasteiger charge is 2.47. The lowest BCUT2D eigenvalue weighted by Gasteiger charge is -2.34. The van der Waals surface area contributed by atoms with E-state index in [4.69, 9.17) is 9.47 Å². The molecule has 0 radical (unpaired) electrons. The van der Waals surface area contributed by atoms with E-state index in [0.29, 0.717) is 24.8 Å². The molecular weight excluding hydrogens is 336 g/mol. The van der Waals surface area contributed by atoms with Gasteiger partial charge in [-0.2, -0.15) is 0 Å². The van der Waals surface area contributed by atoms with E-state index in [0.717, 1.165) is 0 Å². The summed E-state index contributed by atoms with van der Waals surface area (Å²) in [5.41, 5.74) is -0.269. The number of carbonyl (C=O) groups excluding carboxylic acids is 2. The second-order valence-electron chi connectivity index (χ2n) is 7.87. The highest BCUT2D eigenvalue weighted by Crippen LogP contribution is 2.38. The first-order valence-corrected chi connectivity index (χ1v) is 9.24. The lowest BCUT2D eigenvalue weighted by Crippen LogP contribution is -2.41. The molecule has 0 spiro atoms. The van der Waals surface area contributed by atoms with Gasteiger partial charge in [0, 0.05) is 12.0 Å². The van der Waals surface area contributed by atoms with E-state index in [1.807, 2.05) is 6.92 Å². The van der Waals surface area contributed by atoms with Crippen LogP contribution >= 0.6 is 0 Å². The normalized spacial score (nSPS) is 38.6. The molecule has 0 saturated carbocycles. The van der Waals surface area contributed by atoms with Crippen LogP contribution in [0.5, 0.6) is 0 Å². The maximum Gasteiger partial charge on any atom is 0.334 e. The van der Waals surface area contributed by atoms with Gasteiger partial charge in [-0.25, -0.2) is 4.79 Å². The van der Waals surface area contributed by atoms with E-state index in [9.17, 15) is 19.8 Å². The number of fused-ring (bicyclic) bond motifs is 1. The fraction of sp³-hybridized carbons (Fsp3) is 0.700. The topological polar surface area (TPSA) is 93.1 Å². The Morgan fingerprint density at radius 3 is 2.81 bits per heavy atom. The first-order valence-electron chi connectivity index (χ1n) is 9.24. The summed E-state index contributed by atoms with van der Waals surface area (Å²) in [4.78, 5) is 24.5. The largest absolute Gasteiger partial charge is 0.461 e. The van der Waals surface area contributed by atoms with Crippen LogP contribution in [-0.2, 0) is 19.1 Å². The van der Waals surface area contributed by atoms with E-state index < -0.39 is 35.8 Å². The molecule has 2 N–H and O–H groups in total. The minimum Gasteiger partial charge on any atom is -0.461 e. The quantitative estimate of drug-likeness (QED) is 0.452. The number of carbonyl (C=O) groups is 2. The number of rotatable bonds is 3. The average Bonchev–Trinajstić information content (AvgIpc) is 2.84. The summed E-state index contributed by atoms with van der Waals surface area (Å²) < 4.78 is 11.1. The SMILES string of the molecule is C=C1C(=O)O[C@@H]2/C=C(/C)[C@@H](O)CC[C@](C)(O)C[C@@H](OC(=O)[C@H](C)CC)[C@H]12. The van der Waals surface area contributed by atoms with Gasteiger partial charge in [0.05, 0.1) is 23.5 Å². The lowest BCUT2D eigenvalue weighted by atomic mass is 9.80. The molecule has 1 saturated heterocycles. The molecule has 26 heavy (non-hydrogen) atoms. The molecule has 0 amide bonds. The summed E-state index contributed by atoms with van der Waals surface area (Å²) in [6.07, 6.45) is 1.07. The molecule has 0 aromatic heterocycles. The van der Waals surface area contributed by atoms with E-state index >= 15 is 0 Å². The van der Waals surface area contributed by atoms with Gasteiger partial charge in [-0.1, -0.05) is 20.4 Å². The number of hydrogen-bond donors (Lipinski definition) is 2. The Bertz CT molecular complexity index is 605. The van der Waals surface area contributed by atoms with Crippen LogP contribution in [0.4, 0.5) is 0 Å². The van der Waals surface area contributed by atoms with Gasteiger partial charge in [-0.15, -0.1) is 0 Å². The maximum atomic E-state index is 12.4. The van der Waals surface area contributed by atoms with Crippen molar-refractivity contribution in [1.29, 1.82) is 0 Å². The van der Waals surface area contributed by atoms with Gasteiger partial charge in [0.15, 0.2) is 0 Å². The maximum absolute atomic E-state index is 12.4. The minimum atomic E-state index is -1.16. The molecule has 6 nitrogen and oxygen atoms in total. The molecule has 1 fully saturated rings. The van der Waals surface area contributed by atoms with Crippen LogP contribution in [0.2, 0.25) is 0 Å². The Morgan fingerprint density at radius 2 is 2.19 bits per heavy atom. The highest BCUT2D eigenvalue weighted by atomic mass is 16.6. The first kappa shape index (κ1) is 20.6. The van der Waals surface area contributed by atoms with Gasteiger partial charge >= 0.3 is 11.9 Å². The Hall–Kier alpha value is -1.66. The van der Waals surface area contributed by atoms with Gasteiger partial charge in [0.2, 0.25) is 0 Å². The van der Waals surface area contributed by atoms with Gasteiger partial charge in [-0.3, -0.25) is 4.79 Å². The van der Waals surface area contributed by atoms with Crippen LogP contribution in [0.25, 0.3) is 0 Å². The Kier molecular flexibility index (Phi) is 6.29. The Morgan fingerprint density at radius 1 is 1.54 bits per heavy atom. The summed E-state index contributed by atoms with van der Waals surface area (Å²) in [7, 11) is 0. The van der Waals surface area contributed by atoms with Crippen molar-refractivity contribution in [1.82, 2.24) is 0 Å². The van der Waals surface area contributed by atoms with E-state index in [1.54, 1.807) is 26.8 Å². The molecule has 6 atom stereocenters. The zero-order chi connectivity index (χ0) is 19.6. The molecule has 0 unspecified atom stereocenters. The van der Waals surface area contributed by atoms with Crippen LogP contribution in [-0.4, -0.2) is 46.1 Å². The summed E-state index contributed by atoms with van der Waals surface area (Å²) in [6, 6.07) is 0. The Labute approximate surface area is 154 Å². The minimum absolute atomic E-state index is 0.144. The summed E-state index contributed by atoms with van der Waals surface area (Å²) in [6.45, 7) is 10.9. The summed E-state index contributed by atoms with van der Waals surface area (Å²) >= 11 is 0. The fourth-order valence-corrected chi connectivity index (χ4v) is 3.44. The van der Waals surface area contributed by atoms with Gasteiger partial charge in [0.25, 0.3) is 0 Å². The average molecular weight is 366 g/mol. The first-order chi connectivity index (χ1) is 12.1. The van der Waals surface area contributed by atoms with Crippen LogP contribution in [0.3, 0.4) is 0 Å². The van der Waals surface area contributed by atoms with Crippen molar-refractivity contribution in [3.8, 4) is 0 Å². The number of esters is 2. The van der Waals surface area contributed by atoms with Crippen molar-refractivity contribution in [2.24, 2.45) is 11.8 Å². The van der Waals surface area contributed by atoms with E-state index in [-0.39, 0.29) is 23.9 Å². The fourth-order valence-electron chi connectivity index (χ4n) is 3.44. The Balaban J connectivity index is 2.42. The number of aliphatic hydroxyl groups excluding tert-OH is 1. The molecule has 2 rings (SSSR count). The molecule has 1 aliphatic carbocycles. The van der Waals surface area contributed by atoms with Crippen molar-refractivity contribution in [3.63, 3.8) is 0 Å². The predicted molar refractivity (Wildman–Crippen MR) is 96.1 cm³/mol. The number of aliphatic hydroxyl groups is 2. The zero-order valence-electron chi connectivity index (χ0n) is 16.0. The molecule has 146 valence electrons. The van der Waals surface area contributed by atoms with Crippen LogP contribution in [0.15, 0.2) is 23.8 Å². The summed E-state index contributed by atoms with van der Waals surface area (Å²) in [5.74, 6) is -1.76. The number of ether oxygens (including phenoxy) is 2. The second kappa shape index (κ2) is 7.92. The second-order valence-corrected chi connectivity index (χ2v) is 7.87. The standard InChI is InChI=1S/C20H30O6/c1-6-11(2)18(22)26-16-10-20(5,24)8-7-14(21)12(3)9-15-17(16)13(4)19(23)25-15/h9,11,14-17,21,24H,4,6-8,10H2,1-3,5H3/b12-9-/t11-,14+,15-,16-,17-,20+/m1/s1. The third kappa shape index (κ3) is 4.54. The van der Waals surface area contributed by atoms with Crippen molar-refractivity contribution < 1.29 is 29.3 Å². The number of hydrogen-bond acceptors (Lipinski definition) is 6. The van der Waals surface area contributed by atoms with E-state index in [2.05, 4.69) is 6.58 Å². The summed E-state index contributed by atoms with van der Waals surface area (Å²) in [5, 5.41) is 21.0. The molecular formula is C20H30O6. The van der Waals surface area contributed by atoms with Gasteiger partial charge in [-0.05, 0) is 44.8 Å². The van der Waals surface area contributed by atoms with Crippen molar-refractivity contribution in [2.75, 3.05) is 0 Å². The third-order valence-electron chi connectivity index (χ3n) is 5.49. The molecule has 1 aliphatic heterocycles. The van der Waals surface area contributed by atoms with Crippen LogP contribution in [0, 0.1) is 11.8 Å². The monoisotopic (exact) mass is 366 g/mol.